The number of hydrogen-bond acceptors (Lipinski definition) is 4. The quantitative estimate of drug-likeness (QED) is 0.493. The molecule has 1 heterocycles. The molecule has 4 unspecified atom stereocenters. The molecule has 0 bridgehead atoms. The number of rotatable bonds is 7. The van der Waals surface area contributed by atoms with Crippen molar-refractivity contribution in [2.45, 2.75) is 63.0 Å². The van der Waals surface area contributed by atoms with Crippen LogP contribution < -0.4 is 0 Å². The van der Waals surface area contributed by atoms with Gasteiger partial charge in [-0.2, -0.15) is 0 Å². The lowest BCUT2D eigenvalue weighted by Crippen LogP contribution is -2.56. The molecule has 192 valence electrons. The van der Waals surface area contributed by atoms with Gasteiger partial charge in [-0.1, -0.05) is 53.5 Å². The van der Waals surface area contributed by atoms with Crippen molar-refractivity contribution in [3.63, 3.8) is 0 Å². The summed E-state index contributed by atoms with van der Waals surface area (Å²) in [6.07, 6.45) is 1.74. The average molecular weight is 541 g/mol. The van der Waals surface area contributed by atoms with Crippen LogP contribution in [-0.4, -0.2) is 56.0 Å². The highest BCUT2D eigenvalue weighted by molar-refractivity contribution is 7.86. The second-order valence-electron chi connectivity index (χ2n) is 9.97. The van der Waals surface area contributed by atoms with Crippen molar-refractivity contribution in [2.75, 3.05) is 19.0 Å². The fourth-order valence-electron chi connectivity index (χ4n) is 4.08. The summed E-state index contributed by atoms with van der Waals surface area (Å²) in [5.41, 5.74) is 0.965. The Labute approximate surface area is 221 Å². The third-order valence-electron chi connectivity index (χ3n) is 6.23. The summed E-state index contributed by atoms with van der Waals surface area (Å²) in [5, 5.41) is 10.8. The molecular weight excluding hydrogens is 505 g/mol. The Balaban J connectivity index is 0.000000420. The van der Waals surface area contributed by atoms with Gasteiger partial charge in [-0.15, -0.1) is 0 Å². The zero-order chi connectivity index (χ0) is 25.6. The normalized spacial score (nSPS) is 22.2. The van der Waals surface area contributed by atoms with Crippen molar-refractivity contribution in [3.05, 3.63) is 70.2 Å². The van der Waals surface area contributed by atoms with Crippen LogP contribution in [-0.2, 0) is 20.3 Å². The van der Waals surface area contributed by atoms with Crippen molar-refractivity contribution >= 4 is 39.9 Å². The molecule has 5 nitrogen and oxygen atoms in total. The van der Waals surface area contributed by atoms with Gasteiger partial charge in [0.2, 0.25) is 0 Å². The van der Waals surface area contributed by atoms with Crippen LogP contribution in [0.1, 0.15) is 51.6 Å². The number of hydrogen-bond donors (Lipinski definition) is 1. The molecule has 1 aliphatic heterocycles. The number of ether oxygens (including phenoxy) is 1. The maximum Gasteiger partial charge on any atom is 0.252 e. The number of benzene rings is 2. The molecule has 0 aromatic heterocycles. The Morgan fingerprint density at radius 3 is 2.14 bits per heavy atom. The van der Waals surface area contributed by atoms with Gasteiger partial charge < -0.3 is 14.7 Å². The molecule has 2 fully saturated rings. The van der Waals surface area contributed by atoms with Crippen LogP contribution in [0.5, 0.6) is 0 Å². The Morgan fingerprint density at radius 2 is 1.66 bits per heavy atom. The number of carbonyl (C=O) groups is 1. The summed E-state index contributed by atoms with van der Waals surface area (Å²) in [7, 11) is -1.06. The lowest BCUT2D eigenvalue weighted by molar-refractivity contribution is -0.165. The molecule has 1 saturated heterocycles. The van der Waals surface area contributed by atoms with Crippen molar-refractivity contribution < 1.29 is 18.8 Å². The Bertz CT molecular complexity index is 977. The summed E-state index contributed by atoms with van der Waals surface area (Å²) >= 11 is 11.6. The Morgan fingerprint density at radius 1 is 1.06 bits per heavy atom. The molecule has 0 radical (unpaired) electrons. The highest BCUT2D eigenvalue weighted by atomic mass is 35.5. The molecule has 1 N–H and O–H groups in total. The molecular formula is C27H35Cl2NO4S. The number of halogens is 2. The van der Waals surface area contributed by atoms with Gasteiger partial charge in [-0.05, 0) is 69.4 Å². The van der Waals surface area contributed by atoms with Crippen LogP contribution in [0.2, 0.25) is 10.0 Å². The van der Waals surface area contributed by atoms with Gasteiger partial charge in [0.1, 0.15) is 6.10 Å². The first-order chi connectivity index (χ1) is 16.6. The minimum Gasteiger partial charge on any atom is -0.396 e. The molecule has 8 heteroatoms. The molecule has 4 atom stereocenters. The van der Waals surface area contributed by atoms with E-state index in [1.165, 1.54) is 0 Å². The largest absolute Gasteiger partial charge is 0.396 e. The third-order valence-corrected chi connectivity index (χ3v) is 8.74. The SMILES string of the molecule is CC(C)(C)S(=O)CC(C1CC1)N1C(=O)C(CCO)OCC1c1ccc(Cl)cc1.Clc1ccccc1. The van der Waals surface area contributed by atoms with Crippen LogP contribution in [0, 0.1) is 5.92 Å². The van der Waals surface area contributed by atoms with E-state index in [9.17, 15) is 14.1 Å². The lowest BCUT2D eigenvalue weighted by Gasteiger charge is -2.44. The van der Waals surface area contributed by atoms with Crippen molar-refractivity contribution in [1.29, 1.82) is 0 Å². The van der Waals surface area contributed by atoms with Gasteiger partial charge in [0.15, 0.2) is 0 Å². The summed E-state index contributed by atoms with van der Waals surface area (Å²) in [6.45, 7) is 6.18. The predicted molar refractivity (Wildman–Crippen MR) is 143 cm³/mol. The maximum absolute atomic E-state index is 13.3. The molecule has 1 aliphatic carbocycles. The van der Waals surface area contributed by atoms with E-state index in [0.29, 0.717) is 23.3 Å². The van der Waals surface area contributed by atoms with E-state index in [2.05, 4.69) is 0 Å². The van der Waals surface area contributed by atoms with Crippen LogP contribution in [0.25, 0.3) is 0 Å². The van der Waals surface area contributed by atoms with Crippen molar-refractivity contribution in [3.8, 4) is 0 Å². The van der Waals surface area contributed by atoms with E-state index in [0.717, 1.165) is 23.4 Å². The van der Waals surface area contributed by atoms with Crippen LogP contribution in [0.15, 0.2) is 54.6 Å². The lowest BCUT2D eigenvalue weighted by atomic mass is 9.98. The highest BCUT2D eigenvalue weighted by Gasteiger charge is 2.46. The second-order valence-corrected chi connectivity index (χ2v) is 13.1. The van der Waals surface area contributed by atoms with Gasteiger partial charge in [-0.3, -0.25) is 9.00 Å². The molecule has 2 aliphatic rings. The summed E-state index contributed by atoms with van der Waals surface area (Å²) in [5.74, 6) is 0.733. The first kappa shape index (κ1) is 28.1. The van der Waals surface area contributed by atoms with Gasteiger partial charge in [0.25, 0.3) is 5.91 Å². The molecule has 2 aromatic rings. The van der Waals surface area contributed by atoms with Crippen LogP contribution in [0.4, 0.5) is 0 Å². The second kappa shape index (κ2) is 12.7. The molecule has 1 saturated carbocycles. The maximum atomic E-state index is 13.3. The van der Waals surface area contributed by atoms with Gasteiger partial charge in [0, 0.05) is 50.4 Å². The molecule has 0 spiro atoms. The molecule has 35 heavy (non-hydrogen) atoms. The minimum absolute atomic E-state index is 0.0849. The van der Waals surface area contributed by atoms with E-state index < -0.39 is 16.9 Å². The number of aliphatic hydroxyl groups is 1. The van der Waals surface area contributed by atoms with Gasteiger partial charge in [-0.25, -0.2) is 0 Å². The fourth-order valence-corrected chi connectivity index (χ4v) is 5.60. The number of nitrogens with zero attached hydrogens (tertiary/aromatic N) is 1. The fraction of sp³-hybridized carbons (Fsp3) is 0.519. The topological polar surface area (TPSA) is 66.8 Å². The van der Waals surface area contributed by atoms with Gasteiger partial charge in [0.05, 0.1) is 12.6 Å². The predicted octanol–water partition coefficient (Wildman–Crippen LogP) is 5.66. The highest BCUT2D eigenvalue weighted by Crippen LogP contribution is 2.41. The minimum atomic E-state index is -1.06. The van der Waals surface area contributed by atoms with Crippen molar-refractivity contribution in [2.24, 2.45) is 5.92 Å². The van der Waals surface area contributed by atoms with E-state index in [1.807, 2.05) is 80.3 Å². The number of aliphatic hydroxyl groups excluding tert-OH is 1. The number of carbonyl (C=O) groups excluding carboxylic acids is 1. The number of amides is 1. The zero-order valence-electron chi connectivity index (χ0n) is 20.5. The monoisotopic (exact) mass is 539 g/mol. The zero-order valence-corrected chi connectivity index (χ0v) is 22.9. The van der Waals surface area contributed by atoms with Crippen LogP contribution in [0.3, 0.4) is 0 Å². The van der Waals surface area contributed by atoms with E-state index in [-0.39, 0.29) is 35.8 Å². The van der Waals surface area contributed by atoms with Gasteiger partial charge >= 0.3 is 0 Å². The average Bonchev–Trinajstić information content (AvgIpc) is 3.65. The summed E-state index contributed by atoms with van der Waals surface area (Å²) in [6, 6.07) is 16.6. The van der Waals surface area contributed by atoms with E-state index in [4.69, 9.17) is 27.9 Å². The Hall–Kier alpha value is -1.44. The molecule has 1 amide bonds. The number of morpholine rings is 1. The Kier molecular flexibility index (Phi) is 10.2. The van der Waals surface area contributed by atoms with Crippen LogP contribution >= 0.6 is 23.2 Å². The smallest absolute Gasteiger partial charge is 0.252 e. The summed E-state index contributed by atoms with van der Waals surface area (Å²) < 4.78 is 18.4. The van der Waals surface area contributed by atoms with Crippen molar-refractivity contribution in [1.82, 2.24) is 4.90 Å². The third kappa shape index (κ3) is 8.02. The standard InChI is InChI=1S/C21H30ClNO4S.C6H5Cl/c1-21(2,3)28(26)13-18(15-4-5-15)23-17(14-6-8-16(22)9-7-14)12-27-19(10-11-24)20(23)25;7-6-4-2-1-3-5-6/h6-9,15,17-19,24H,4-5,10-13H2,1-3H3;1-5H. The first-order valence-electron chi connectivity index (χ1n) is 12.0. The molecule has 4 rings (SSSR count). The molecule has 2 aromatic carbocycles. The van der Waals surface area contributed by atoms with E-state index in [1.54, 1.807) is 0 Å². The first-order valence-corrected chi connectivity index (χ1v) is 14.1. The van der Waals surface area contributed by atoms with E-state index >= 15 is 0 Å². The summed E-state index contributed by atoms with van der Waals surface area (Å²) in [4.78, 5) is 15.2.